The molecule has 0 aromatic carbocycles. The molecule has 88 valence electrons. The summed E-state index contributed by atoms with van der Waals surface area (Å²) in [5, 5.41) is 0. The number of carbonyl (C=O) groups excluding carboxylic acids is 5. The molecule has 0 heterocycles. The molecular weight excluding hydrogens is 212 g/mol. The molecule has 0 unspecified atom stereocenters. The summed E-state index contributed by atoms with van der Waals surface area (Å²) in [4.78, 5) is 56.2. The lowest BCUT2D eigenvalue weighted by molar-refractivity contribution is -0.144. The zero-order valence-electron chi connectivity index (χ0n) is 9.70. The summed E-state index contributed by atoms with van der Waals surface area (Å²) in [6, 6.07) is 0. The Labute approximate surface area is 93.2 Å². The molecule has 0 spiro atoms. The molecule has 0 amide bonds. The van der Waals surface area contributed by atoms with Gasteiger partial charge in [0.2, 0.25) is 0 Å². The molecule has 0 N–H and O–H groups in total. The van der Waals surface area contributed by atoms with Crippen molar-refractivity contribution in [1.29, 1.82) is 0 Å². The predicted octanol–water partition coefficient (Wildman–Crippen LogP) is 0.144. The van der Waals surface area contributed by atoms with E-state index in [0.717, 1.165) is 27.7 Å². The summed E-state index contributed by atoms with van der Waals surface area (Å²) in [5.41, 5.74) is 0. The second-order valence-electron chi connectivity index (χ2n) is 3.71. The normalized spacial score (nSPS) is 10.4. The van der Waals surface area contributed by atoms with Crippen molar-refractivity contribution in [3.63, 3.8) is 0 Å². The molecule has 0 aliphatic carbocycles. The molecule has 0 saturated carbocycles. The zero-order valence-corrected chi connectivity index (χ0v) is 9.70. The zero-order chi connectivity index (χ0) is 13.0. The van der Waals surface area contributed by atoms with Crippen LogP contribution in [-0.4, -0.2) is 28.9 Å². The highest BCUT2D eigenvalue weighted by atomic mass is 16.2. The van der Waals surface area contributed by atoms with Gasteiger partial charge >= 0.3 is 0 Å². The van der Waals surface area contributed by atoms with E-state index in [2.05, 4.69) is 0 Å². The van der Waals surface area contributed by atoms with Crippen molar-refractivity contribution in [1.82, 2.24) is 0 Å². The first kappa shape index (κ1) is 14.3. The van der Waals surface area contributed by atoms with E-state index in [9.17, 15) is 24.0 Å². The van der Waals surface area contributed by atoms with Gasteiger partial charge in [0.05, 0.1) is 0 Å². The highest BCUT2D eigenvalue weighted by Crippen LogP contribution is 2.13. The van der Waals surface area contributed by atoms with Crippen LogP contribution < -0.4 is 0 Å². The Balaban J connectivity index is 5.28. The topological polar surface area (TPSA) is 85.3 Å². The van der Waals surface area contributed by atoms with Crippen molar-refractivity contribution in [3.05, 3.63) is 0 Å². The van der Waals surface area contributed by atoms with Crippen LogP contribution in [0.15, 0.2) is 0 Å². The Bertz CT molecular complexity index is 305. The second kappa shape index (κ2) is 5.44. The average molecular weight is 226 g/mol. The maximum absolute atomic E-state index is 11.7. The predicted molar refractivity (Wildman–Crippen MR) is 54.7 cm³/mol. The summed E-state index contributed by atoms with van der Waals surface area (Å²) in [5.74, 6) is -6.51. The molecule has 16 heavy (non-hydrogen) atoms. The lowest BCUT2D eigenvalue weighted by Crippen LogP contribution is -2.39. The number of hydrogen-bond acceptors (Lipinski definition) is 5. The minimum Gasteiger partial charge on any atom is -0.299 e. The van der Waals surface area contributed by atoms with Crippen molar-refractivity contribution in [2.45, 2.75) is 27.7 Å². The number of rotatable bonds is 6. The standard InChI is InChI=1S/C11H14O5/c1-5(12)9(6(2)13)11(16)10(7(3)14)8(4)15/h9-10H,1-4H3. The molecule has 0 rings (SSSR count). The highest BCUT2D eigenvalue weighted by Gasteiger charge is 2.38. The van der Waals surface area contributed by atoms with E-state index in [-0.39, 0.29) is 0 Å². The smallest absolute Gasteiger partial charge is 0.168 e. The van der Waals surface area contributed by atoms with Gasteiger partial charge in [0.1, 0.15) is 35.0 Å². The van der Waals surface area contributed by atoms with Gasteiger partial charge in [0.15, 0.2) is 5.78 Å². The van der Waals surface area contributed by atoms with E-state index >= 15 is 0 Å². The van der Waals surface area contributed by atoms with Crippen molar-refractivity contribution in [2.75, 3.05) is 0 Å². The Morgan fingerprint density at radius 3 is 0.875 bits per heavy atom. The van der Waals surface area contributed by atoms with Crippen molar-refractivity contribution >= 4 is 28.9 Å². The fraction of sp³-hybridized carbons (Fsp3) is 0.545. The van der Waals surface area contributed by atoms with E-state index in [1.54, 1.807) is 0 Å². The molecule has 0 bridgehead atoms. The second-order valence-corrected chi connectivity index (χ2v) is 3.71. The van der Waals surface area contributed by atoms with Crippen LogP contribution in [0.4, 0.5) is 0 Å². The molecule has 0 aromatic heterocycles. The van der Waals surface area contributed by atoms with Gasteiger partial charge in [-0.25, -0.2) is 0 Å². The third-order valence-corrected chi connectivity index (χ3v) is 2.20. The van der Waals surface area contributed by atoms with Gasteiger partial charge in [0.25, 0.3) is 0 Å². The quantitative estimate of drug-likeness (QED) is 0.601. The lowest BCUT2D eigenvalue weighted by atomic mass is 9.84. The molecule has 0 fully saturated rings. The van der Waals surface area contributed by atoms with Crippen LogP contribution in [0.3, 0.4) is 0 Å². The van der Waals surface area contributed by atoms with Gasteiger partial charge in [-0.05, 0) is 27.7 Å². The number of hydrogen-bond donors (Lipinski definition) is 0. The SMILES string of the molecule is CC(=O)C(C(C)=O)C(=O)C(C(C)=O)C(C)=O. The molecule has 0 saturated heterocycles. The van der Waals surface area contributed by atoms with E-state index in [4.69, 9.17) is 0 Å². The Hall–Kier alpha value is -1.65. The van der Waals surface area contributed by atoms with Crippen molar-refractivity contribution < 1.29 is 24.0 Å². The first-order valence-electron chi connectivity index (χ1n) is 4.75. The van der Waals surface area contributed by atoms with Crippen LogP contribution in [0, 0.1) is 11.8 Å². The average Bonchev–Trinajstić information content (AvgIpc) is 1.99. The maximum atomic E-state index is 11.7. The van der Waals surface area contributed by atoms with Gasteiger partial charge in [0, 0.05) is 0 Å². The summed E-state index contributed by atoms with van der Waals surface area (Å²) in [6.45, 7) is 4.34. The van der Waals surface area contributed by atoms with Crippen LogP contribution in [-0.2, 0) is 24.0 Å². The van der Waals surface area contributed by atoms with Crippen LogP contribution in [0.5, 0.6) is 0 Å². The Kier molecular flexibility index (Phi) is 4.88. The minimum absolute atomic E-state index is 0.648. The van der Waals surface area contributed by atoms with Crippen molar-refractivity contribution in [3.8, 4) is 0 Å². The van der Waals surface area contributed by atoms with E-state index in [1.165, 1.54) is 0 Å². The first-order chi connectivity index (χ1) is 7.20. The number of Topliss-reactive ketones (excluding diaryl/α,β-unsaturated/α-hetero) is 5. The van der Waals surface area contributed by atoms with E-state index < -0.39 is 40.8 Å². The molecule has 0 aromatic rings. The van der Waals surface area contributed by atoms with Crippen LogP contribution in [0.1, 0.15) is 27.7 Å². The monoisotopic (exact) mass is 226 g/mol. The van der Waals surface area contributed by atoms with Gasteiger partial charge in [-0.2, -0.15) is 0 Å². The van der Waals surface area contributed by atoms with Gasteiger partial charge < -0.3 is 0 Å². The van der Waals surface area contributed by atoms with Crippen LogP contribution >= 0.6 is 0 Å². The van der Waals surface area contributed by atoms with Gasteiger partial charge in [-0.1, -0.05) is 0 Å². The van der Waals surface area contributed by atoms with Gasteiger partial charge in [-0.3, -0.25) is 24.0 Å². The highest BCUT2D eigenvalue weighted by molar-refractivity contribution is 6.28. The van der Waals surface area contributed by atoms with Gasteiger partial charge in [-0.15, -0.1) is 0 Å². The van der Waals surface area contributed by atoms with Crippen LogP contribution in [0.25, 0.3) is 0 Å². The fourth-order valence-corrected chi connectivity index (χ4v) is 1.54. The summed E-state index contributed by atoms with van der Waals surface area (Å²) in [6.07, 6.45) is 0. The maximum Gasteiger partial charge on any atom is 0.168 e. The van der Waals surface area contributed by atoms with E-state index in [1.807, 2.05) is 0 Å². The van der Waals surface area contributed by atoms with Crippen LogP contribution in [0.2, 0.25) is 0 Å². The Morgan fingerprint density at radius 2 is 0.750 bits per heavy atom. The minimum atomic E-state index is -1.50. The summed E-state index contributed by atoms with van der Waals surface area (Å²) in [7, 11) is 0. The van der Waals surface area contributed by atoms with E-state index in [0.29, 0.717) is 0 Å². The molecule has 5 heteroatoms. The number of ketones is 5. The summed E-state index contributed by atoms with van der Waals surface area (Å²) >= 11 is 0. The lowest BCUT2D eigenvalue weighted by Gasteiger charge is -2.14. The molecular formula is C11H14O5. The Morgan fingerprint density at radius 1 is 0.562 bits per heavy atom. The fourth-order valence-electron chi connectivity index (χ4n) is 1.54. The first-order valence-corrected chi connectivity index (χ1v) is 4.75. The molecule has 0 radical (unpaired) electrons. The molecule has 0 aliphatic heterocycles. The summed E-state index contributed by atoms with van der Waals surface area (Å²) < 4.78 is 0. The number of carbonyl (C=O) groups is 5. The molecule has 5 nitrogen and oxygen atoms in total. The third-order valence-electron chi connectivity index (χ3n) is 2.20. The molecule has 0 aliphatic rings. The largest absolute Gasteiger partial charge is 0.299 e. The van der Waals surface area contributed by atoms with Crippen molar-refractivity contribution in [2.24, 2.45) is 11.8 Å². The third kappa shape index (κ3) is 3.18. The molecule has 0 atom stereocenters.